The average Bonchev–Trinajstić information content (AvgIpc) is 2.84. The minimum absolute atomic E-state index is 0.162. The van der Waals surface area contributed by atoms with Gasteiger partial charge in [0.1, 0.15) is 11.1 Å². The second-order valence-electron chi connectivity index (χ2n) is 4.18. The minimum atomic E-state index is 0.162. The molecule has 0 aromatic carbocycles. The minimum Gasteiger partial charge on any atom is -0.383 e. The van der Waals surface area contributed by atoms with E-state index < -0.39 is 0 Å². The van der Waals surface area contributed by atoms with Crippen LogP contribution in [0.15, 0.2) is 5.38 Å². The van der Waals surface area contributed by atoms with Crippen LogP contribution in [-0.2, 0) is 15.9 Å². The number of methoxy groups -OCH3 is 2. The molecule has 1 aromatic rings. The summed E-state index contributed by atoms with van der Waals surface area (Å²) in [6, 6.07) is 0. The lowest BCUT2D eigenvalue weighted by Gasteiger charge is -2.10. The molecule has 4 nitrogen and oxygen atoms in total. The number of nitrogens with zero attached hydrogens (tertiary/aromatic N) is 1. The molecule has 1 N–H and O–H groups in total. The van der Waals surface area contributed by atoms with Gasteiger partial charge in [-0.05, 0) is 6.42 Å². The molecule has 1 aromatic heterocycles. The van der Waals surface area contributed by atoms with Crippen LogP contribution in [-0.4, -0.2) is 38.9 Å². The van der Waals surface area contributed by atoms with Crippen molar-refractivity contribution in [1.29, 1.82) is 0 Å². The molecule has 1 atom stereocenters. The lowest BCUT2D eigenvalue weighted by Crippen LogP contribution is -2.21. The third-order valence-electron chi connectivity index (χ3n) is 2.72. The molecule has 0 radical (unpaired) electrons. The molecular formula is C13H24N2O2S. The Morgan fingerprint density at radius 3 is 2.89 bits per heavy atom. The molecule has 1 rings (SSSR count). The van der Waals surface area contributed by atoms with Crippen LogP contribution in [0.3, 0.4) is 0 Å². The van der Waals surface area contributed by atoms with Crippen LogP contribution in [0, 0.1) is 0 Å². The van der Waals surface area contributed by atoms with E-state index in [1.807, 2.05) is 0 Å². The molecule has 0 amide bonds. The fourth-order valence-electron chi connectivity index (χ4n) is 1.71. The van der Waals surface area contributed by atoms with Gasteiger partial charge in [-0.15, -0.1) is 11.3 Å². The first-order valence-corrected chi connectivity index (χ1v) is 7.36. The first-order valence-electron chi connectivity index (χ1n) is 6.48. The zero-order valence-electron chi connectivity index (χ0n) is 11.6. The summed E-state index contributed by atoms with van der Waals surface area (Å²) in [5.74, 6) is 0. The van der Waals surface area contributed by atoms with Crippen LogP contribution in [0.25, 0.3) is 0 Å². The fraction of sp³-hybridized carbons (Fsp3) is 0.769. The molecule has 18 heavy (non-hydrogen) atoms. The first kappa shape index (κ1) is 15.6. The molecule has 0 aliphatic rings. The molecule has 104 valence electrons. The van der Waals surface area contributed by atoms with E-state index in [0.717, 1.165) is 49.7 Å². The Kier molecular flexibility index (Phi) is 8.17. The predicted molar refractivity (Wildman–Crippen MR) is 75.2 cm³/mol. The van der Waals surface area contributed by atoms with Crippen molar-refractivity contribution in [3.05, 3.63) is 16.1 Å². The van der Waals surface area contributed by atoms with E-state index >= 15 is 0 Å². The number of nitrogens with one attached hydrogen (secondary N) is 1. The number of ether oxygens (including phenoxy) is 2. The van der Waals surface area contributed by atoms with Crippen molar-refractivity contribution in [3.63, 3.8) is 0 Å². The zero-order valence-corrected chi connectivity index (χ0v) is 12.4. The third kappa shape index (κ3) is 5.44. The van der Waals surface area contributed by atoms with Gasteiger partial charge in [-0.3, -0.25) is 0 Å². The lowest BCUT2D eigenvalue weighted by atomic mass is 10.2. The highest BCUT2D eigenvalue weighted by Gasteiger charge is 2.13. The smallest absolute Gasteiger partial charge is 0.122 e. The normalized spacial score (nSPS) is 12.8. The summed E-state index contributed by atoms with van der Waals surface area (Å²) in [6.07, 6.45) is 3.28. The summed E-state index contributed by atoms with van der Waals surface area (Å²) >= 11 is 1.70. The van der Waals surface area contributed by atoms with Gasteiger partial charge in [0.2, 0.25) is 0 Å². The Morgan fingerprint density at radius 2 is 2.22 bits per heavy atom. The highest BCUT2D eigenvalue weighted by atomic mass is 32.1. The van der Waals surface area contributed by atoms with Crippen molar-refractivity contribution in [2.75, 3.05) is 33.9 Å². The second-order valence-corrected chi connectivity index (χ2v) is 5.07. The van der Waals surface area contributed by atoms with Gasteiger partial charge >= 0.3 is 0 Å². The number of thiazole rings is 1. The average molecular weight is 272 g/mol. The molecule has 0 aliphatic heterocycles. The largest absolute Gasteiger partial charge is 0.383 e. The Labute approximate surface area is 114 Å². The Hall–Kier alpha value is -0.490. The molecule has 1 heterocycles. The van der Waals surface area contributed by atoms with E-state index in [-0.39, 0.29) is 6.10 Å². The van der Waals surface area contributed by atoms with E-state index in [4.69, 9.17) is 9.47 Å². The lowest BCUT2D eigenvalue weighted by molar-refractivity contribution is 0.0946. The van der Waals surface area contributed by atoms with Crippen LogP contribution < -0.4 is 5.32 Å². The highest BCUT2D eigenvalue weighted by molar-refractivity contribution is 7.09. The summed E-state index contributed by atoms with van der Waals surface area (Å²) < 4.78 is 10.4. The quantitative estimate of drug-likeness (QED) is 0.664. The zero-order chi connectivity index (χ0) is 13.2. The van der Waals surface area contributed by atoms with Crippen LogP contribution in [0.1, 0.15) is 36.6 Å². The van der Waals surface area contributed by atoms with Gasteiger partial charge < -0.3 is 14.8 Å². The predicted octanol–water partition coefficient (Wildman–Crippen LogP) is 2.41. The molecular weight excluding hydrogens is 248 g/mol. The number of hydrogen-bond acceptors (Lipinski definition) is 5. The van der Waals surface area contributed by atoms with Crippen LogP contribution in [0.4, 0.5) is 0 Å². The Balaban J connectivity index is 2.33. The SMILES string of the molecule is CCCC(OC)c1nc(CCNCCOC)cs1. The van der Waals surface area contributed by atoms with E-state index in [9.17, 15) is 0 Å². The molecule has 5 heteroatoms. The first-order chi connectivity index (χ1) is 8.81. The Bertz CT molecular complexity index is 318. The van der Waals surface area contributed by atoms with E-state index in [0.29, 0.717) is 0 Å². The standard InChI is InChI=1S/C13H24N2O2S/c1-4-5-12(17-3)13-15-11(10-18-13)6-7-14-8-9-16-2/h10,12,14H,4-9H2,1-3H3. The van der Waals surface area contributed by atoms with Gasteiger partial charge in [-0.1, -0.05) is 13.3 Å². The Morgan fingerprint density at radius 1 is 1.39 bits per heavy atom. The molecule has 0 saturated heterocycles. The molecule has 0 fully saturated rings. The van der Waals surface area contributed by atoms with Crippen molar-refractivity contribution >= 4 is 11.3 Å². The van der Waals surface area contributed by atoms with Crippen LogP contribution in [0.5, 0.6) is 0 Å². The van der Waals surface area contributed by atoms with Gasteiger partial charge in [-0.2, -0.15) is 0 Å². The highest BCUT2D eigenvalue weighted by Crippen LogP contribution is 2.25. The van der Waals surface area contributed by atoms with Gasteiger partial charge in [-0.25, -0.2) is 4.98 Å². The third-order valence-corrected chi connectivity index (χ3v) is 3.71. The van der Waals surface area contributed by atoms with E-state index in [1.54, 1.807) is 25.6 Å². The van der Waals surface area contributed by atoms with Crippen LogP contribution >= 0.6 is 11.3 Å². The van der Waals surface area contributed by atoms with E-state index in [2.05, 4.69) is 22.6 Å². The maximum absolute atomic E-state index is 5.46. The van der Waals surface area contributed by atoms with Gasteiger partial charge in [0.05, 0.1) is 12.3 Å². The second kappa shape index (κ2) is 9.44. The van der Waals surface area contributed by atoms with Crippen molar-refractivity contribution in [2.24, 2.45) is 0 Å². The topological polar surface area (TPSA) is 43.4 Å². The monoisotopic (exact) mass is 272 g/mol. The van der Waals surface area contributed by atoms with E-state index in [1.165, 1.54) is 0 Å². The maximum Gasteiger partial charge on any atom is 0.122 e. The number of rotatable bonds is 10. The van der Waals surface area contributed by atoms with Gasteiger partial charge in [0, 0.05) is 39.1 Å². The van der Waals surface area contributed by atoms with Crippen molar-refractivity contribution in [3.8, 4) is 0 Å². The molecule has 0 aliphatic carbocycles. The van der Waals surface area contributed by atoms with Crippen molar-refractivity contribution in [1.82, 2.24) is 10.3 Å². The molecule has 0 saturated carbocycles. The number of aromatic nitrogens is 1. The summed E-state index contributed by atoms with van der Waals surface area (Å²) in [5, 5.41) is 6.56. The van der Waals surface area contributed by atoms with Crippen LogP contribution in [0.2, 0.25) is 0 Å². The summed E-state index contributed by atoms with van der Waals surface area (Å²) in [5.41, 5.74) is 1.15. The number of hydrogen-bond donors (Lipinski definition) is 1. The summed E-state index contributed by atoms with van der Waals surface area (Å²) in [4.78, 5) is 4.64. The molecule has 1 unspecified atom stereocenters. The van der Waals surface area contributed by atoms with Gasteiger partial charge in [0.25, 0.3) is 0 Å². The summed E-state index contributed by atoms with van der Waals surface area (Å²) in [7, 11) is 3.47. The van der Waals surface area contributed by atoms with Crippen molar-refractivity contribution < 1.29 is 9.47 Å². The maximum atomic E-state index is 5.46. The fourth-order valence-corrected chi connectivity index (χ4v) is 2.67. The van der Waals surface area contributed by atoms with Gasteiger partial charge in [0.15, 0.2) is 0 Å². The van der Waals surface area contributed by atoms with Crippen molar-refractivity contribution in [2.45, 2.75) is 32.3 Å². The molecule has 0 spiro atoms. The molecule has 0 bridgehead atoms. The summed E-state index contributed by atoms with van der Waals surface area (Å²) in [6.45, 7) is 4.76.